The molecule has 3 rings (SSSR count). The molecule has 0 radical (unpaired) electrons. The van der Waals surface area contributed by atoms with Crippen molar-refractivity contribution in [2.24, 2.45) is 0 Å². The highest BCUT2D eigenvalue weighted by molar-refractivity contribution is 6.35. The number of amides is 1. The Balaban J connectivity index is 1.69. The Kier molecular flexibility index (Phi) is 6.11. The molecule has 0 saturated carbocycles. The molecule has 1 amide bonds. The van der Waals surface area contributed by atoms with Crippen molar-refractivity contribution in [2.75, 3.05) is 12.4 Å². The minimum Gasteiger partial charge on any atom is -0.495 e. The van der Waals surface area contributed by atoms with Crippen LogP contribution in [-0.2, 0) is 4.79 Å². The zero-order chi connectivity index (χ0) is 19.4. The third-order valence-corrected chi connectivity index (χ3v) is 4.50. The molecule has 0 atom stereocenters. The second-order valence-corrected chi connectivity index (χ2v) is 6.75. The number of benzene rings is 2. The molecule has 1 heterocycles. The topological polar surface area (TPSA) is 51.5 Å². The monoisotopic (exact) mass is 421 g/mol. The number of ether oxygens (including phenoxy) is 1. The zero-order valence-corrected chi connectivity index (χ0v) is 16.4. The molecule has 0 unspecified atom stereocenters. The lowest BCUT2D eigenvalue weighted by molar-refractivity contribution is -0.111. The van der Waals surface area contributed by atoms with Crippen LogP contribution in [0.2, 0.25) is 15.1 Å². The molecule has 0 spiro atoms. The van der Waals surface area contributed by atoms with Crippen molar-refractivity contribution in [1.82, 2.24) is 0 Å². The smallest absolute Gasteiger partial charge is 0.248 e. The lowest BCUT2D eigenvalue weighted by atomic mass is 10.2. The van der Waals surface area contributed by atoms with E-state index in [0.29, 0.717) is 43.6 Å². The number of carbonyl (C=O) groups excluding carboxylic acids is 1. The van der Waals surface area contributed by atoms with Crippen molar-refractivity contribution in [3.63, 3.8) is 0 Å². The van der Waals surface area contributed by atoms with Crippen LogP contribution in [-0.4, -0.2) is 13.0 Å². The van der Waals surface area contributed by atoms with E-state index < -0.39 is 0 Å². The van der Waals surface area contributed by atoms with Gasteiger partial charge in [-0.3, -0.25) is 4.79 Å². The van der Waals surface area contributed by atoms with Crippen LogP contribution in [0.15, 0.2) is 59.0 Å². The summed E-state index contributed by atoms with van der Waals surface area (Å²) in [5, 5.41) is 4.21. The van der Waals surface area contributed by atoms with Crippen LogP contribution in [0.5, 0.6) is 5.75 Å². The van der Waals surface area contributed by atoms with Crippen LogP contribution in [0, 0.1) is 0 Å². The van der Waals surface area contributed by atoms with Crippen LogP contribution >= 0.6 is 34.8 Å². The van der Waals surface area contributed by atoms with Gasteiger partial charge < -0.3 is 14.5 Å². The quantitative estimate of drug-likeness (QED) is 0.473. The van der Waals surface area contributed by atoms with Gasteiger partial charge in [0.15, 0.2) is 0 Å². The van der Waals surface area contributed by atoms with Gasteiger partial charge in [0.1, 0.15) is 17.3 Å². The Morgan fingerprint density at radius 3 is 2.59 bits per heavy atom. The average Bonchev–Trinajstić information content (AvgIpc) is 3.11. The van der Waals surface area contributed by atoms with Gasteiger partial charge in [-0.15, -0.1) is 0 Å². The van der Waals surface area contributed by atoms with Crippen LogP contribution in [0.25, 0.3) is 17.4 Å². The minimum absolute atomic E-state index is 0.324. The lowest BCUT2D eigenvalue weighted by Crippen LogP contribution is -2.07. The molecule has 0 aliphatic heterocycles. The van der Waals surface area contributed by atoms with E-state index >= 15 is 0 Å². The predicted octanol–water partition coefficient (Wildman–Crippen LogP) is 6.57. The van der Waals surface area contributed by atoms with Crippen LogP contribution in [0.3, 0.4) is 0 Å². The fourth-order valence-electron chi connectivity index (χ4n) is 2.36. The second-order valence-electron chi connectivity index (χ2n) is 5.50. The number of furan rings is 1. The molecule has 2 aromatic carbocycles. The summed E-state index contributed by atoms with van der Waals surface area (Å²) in [5.41, 5.74) is 1.24. The van der Waals surface area contributed by atoms with Crippen LogP contribution in [0.1, 0.15) is 5.76 Å². The molecule has 7 heteroatoms. The van der Waals surface area contributed by atoms with Gasteiger partial charge >= 0.3 is 0 Å². The summed E-state index contributed by atoms with van der Waals surface area (Å²) >= 11 is 18.2. The highest BCUT2D eigenvalue weighted by Crippen LogP contribution is 2.32. The Labute approximate surface area is 171 Å². The second kappa shape index (κ2) is 8.53. The highest BCUT2D eigenvalue weighted by atomic mass is 35.5. The first-order valence-electron chi connectivity index (χ1n) is 7.84. The molecule has 0 bridgehead atoms. The molecular weight excluding hydrogens is 409 g/mol. The lowest BCUT2D eigenvalue weighted by Gasteiger charge is -2.06. The molecular formula is C20H14Cl3NO3. The number of carbonyl (C=O) groups is 1. The average molecular weight is 423 g/mol. The number of nitrogens with one attached hydrogen (secondary N) is 1. The van der Waals surface area contributed by atoms with Gasteiger partial charge in [0.25, 0.3) is 0 Å². The molecule has 0 saturated heterocycles. The molecule has 0 aliphatic carbocycles. The van der Waals surface area contributed by atoms with Gasteiger partial charge in [0.05, 0.1) is 17.2 Å². The molecule has 27 heavy (non-hydrogen) atoms. The predicted molar refractivity (Wildman–Crippen MR) is 110 cm³/mol. The fourth-order valence-corrected chi connectivity index (χ4v) is 3.00. The highest BCUT2D eigenvalue weighted by Gasteiger charge is 2.09. The molecule has 0 aliphatic rings. The summed E-state index contributed by atoms with van der Waals surface area (Å²) in [5.74, 6) is 1.27. The first-order chi connectivity index (χ1) is 13.0. The first kappa shape index (κ1) is 19.4. The maximum Gasteiger partial charge on any atom is 0.248 e. The number of hydrogen-bond acceptors (Lipinski definition) is 3. The molecule has 1 aromatic heterocycles. The standard InChI is InChI=1S/C20H14Cl3NO3/c1-26-19-7-3-13(11-17(19)23)24-20(25)9-5-14-4-8-18(27-14)15-10-12(21)2-6-16(15)22/h2-11H,1H3,(H,24,25)/b9-5+. The van der Waals surface area contributed by atoms with Gasteiger partial charge in [-0.1, -0.05) is 34.8 Å². The van der Waals surface area contributed by atoms with Crippen molar-refractivity contribution in [2.45, 2.75) is 0 Å². The Morgan fingerprint density at radius 1 is 1.04 bits per heavy atom. The fraction of sp³-hybridized carbons (Fsp3) is 0.0500. The van der Waals surface area contributed by atoms with Crippen molar-refractivity contribution >= 4 is 52.5 Å². The molecule has 1 N–H and O–H groups in total. The van der Waals surface area contributed by atoms with Gasteiger partial charge in [-0.25, -0.2) is 0 Å². The number of rotatable bonds is 5. The van der Waals surface area contributed by atoms with Gasteiger partial charge in [0.2, 0.25) is 5.91 Å². The van der Waals surface area contributed by atoms with E-state index in [0.717, 1.165) is 0 Å². The molecule has 3 aromatic rings. The SMILES string of the molecule is COc1ccc(NC(=O)/C=C/c2ccc(-c3cc(Cl)ccc3Cl)o2)cc1Cl. The summed E-state index contributed by atoms with van der Waals surface area (Å²) in [6.07, 6.45) is 2.92. The maximum absolute atomic E-state index is 12.1. The van der Waals surface area contributed by atoms with E-state index in [-0.39, 0.29) is 5.91 Å². The van der Waals surface area contributed by atoms with E-state index in [9.17, 15) is 4.79 Å². The van der Waals surface area contributed by atoms with E-state index in [1.165, 1.54) is 13.2 Å². The van der Waals surface area contributed by atoms with Gasteiger partial charge in [-0.2, -0.15) is 0 Å². The molecule has 4 nitrogen and oxygen atoms in total. The van der Waals surface area contributed by atoms with E-state index in [1.54, 1.807) is 54.6 Å². The van der Waals surface area contributed by atoms with Crippen LogP contribution in [0.4, 0.5) is 5.69 Å². The van der Waals surface area contributed by atoms with E-state index in [1.807, 2.05) is 0 Å². The van der Waals surface area contributed by atoms with Crippen LogP contribution < -0.4 is 10.1 Å². The summed E-state index contributed by atoms with van der Waals surface area (Å²) in [7, 11) is 1.52. The molecule has 0 fully saturated rings. The van der Waals surface area contributed by atoms with Crippen molar-refractivity contribution in [3.05, 3.63) is 75.4 Å². The Bertz CT molecular complexity index is 1010. The summed E-state index contributed by atoms with van der Waals surface area (Å²) < 4.78 is 10.8. The number of methoxy groups -OCH3 is 1. The number of hydrogen-bond donors (Lipinski definition) is 1. The Morgan fingerprint density at radius 2 is 1.85 bits per heavy atom. The van der Waals surface area contributed by atoms with E-state index in [2.05, 4.69) is 5.32 Å². The van der Waals surface area contributed by atoms with Crippen molar-refractivity contribution in [3.8, 4) is 17.1 Å². The first-order valence-corrected chi connectivity index (χ1v) is 8.97. The largest absolute Gasteiger partial charge is 0.495 e. The minimum atomic E-state index is -0.324. The van der Waals surface area contributed by atoms with E-state index in [4.69, 9.17) is 44.0 Å². The maximum atomic E-state index is 12.1. The van der Waals surface area contributed by atoms with Gasteiger partial charge in [-0.05, 0) is 54.6 Å². The van der Waals surface area contributed by atoms with Crippen molar-refractivity contribution < 1.29 is 13.9 Å². The number of anilines is 1. The third kappa shape index (κ3) is 4.86. The summed E-state index contributed by atoms with van der Waals surface area (Å²) in [6.45, 7) is 0. The third-order valence-electron chi connectivity index (χ3n) is 3.64. The zero-order valence-electron chi connectivity index (χ0n) is 14.1. The Hall–Kier alpha value is -2.40. The normalized spacial score (nSPS) is 11.0. The van der Waals surface area contributed by atoms with Gasteiger partial charge in [0, 0.05) is 22.3 Å². The summed E-state index contributed by atoms with van der Waals surface area (Å²) in [4.78, 5) is 12.1. The molecule has 138 valence electrons. The summed E-state index contributed by atoms with van der Waals surface area (Å²) in [6, 6.07) is 13.6. The van der Waals surface area contributed by atoms with Crippen molar-refractivity contribution in [1.29, 1.82) is 0 Å². The number of halogens is 3.